The Labute approximate surface area is 94.6 Å². The van der Waals surface area contributed by atoms with Gasteiger partial charge in [-0.1, -0.05) is 17.7 Å². The predicted molar refractivity (Wildman–Crippen MR) is 60.3 cm³/mol. The van der Waals surface area contributed by atoms with Crippen molar-refractivity contribution in [2.75, 3.05) is 13.2 Å². The van der Waals surface area contributed by atoms with E-state index in [0.29, 0.717) is 6.04 Å². The largest absolute Gasteiger partial charge is 0.372 e. The number of hydrogen-bond donors (Lipinski definition) is 1. The van der Waals surface area contributed by atoms with Crippen LogP contribution >= 0.6 is 11.6 Å². The van der Waals surface area contributed by atoms with Crippen molar-refractivity contribution in [3.8, 4) is 0 Å². The average Bonchev–Trinajstić information content (AvgIpc) is 2.15. The van der Waals surface area contributed by atoms with Crippen LogP contribution in [0.1, 0.15) is 23.7 Å². The van der Waals surface area contributed by atoms with Gasteiger partial charge in [-0.05, 0) is 42.6 Å². The lowest BCUT2D eigenvalue weighted by atomic mass is 9.89. The predicted octanol–water partition coefficient (Wildman–Crippen LogP) is 2.32. The molecule has 0 bridgehead atoms. The molecule has 0 unspecified atom stereocenters. The Kier molecular flexibility index (Phi) is 2.43. The molecule has 3 heteroatoms. The van der Waals surface area contributed by atoms with Crippen molar-refractivity contribution >= 4 is 11.6 Å². The van der Waals surface area contributed by atoms with Gasteiger partial charge in [0.1, 0.15) is 0 Å². The highest BCUT2D eigenvalue weighted by Crippen LogP contribution is 2.34. The molecule has 1 saturated heterocycles. The van der Waals surface area contributed by atoms with Crippen molar-refractivity contribution in [1.29, 1.82) is 0 Å². The van der Waals surface area contributed by atoms with Crippen molar-refractivity contribution in [2.45, 2.75) is 25.0 Å². The summed E-state index contributed by atoms with van der Waals surface area (Å²) in [4.78, 5) is 0. The van der Waals surface area contributed by atoms with Crippen LogP contribution < -0.4 is 5.32 Å². The lowest BCUT2D eigenvalue weighted by molar-refractivity contribution is -0.00148. The van der Waals surface area contributed by atoms with Crippen molar-refractivity contribution in [3.63, 3.8) is 0 Å². The van der Waals surface area contributed by atoms with Crippen LogP contribution in [0.5, 0.6) is 0 Å². The highest BCUT2D eigenvalue weighted by atomic mass is 35.5. The Morgan fingerprint density at radius 1 is 1.40 bits per heavy atom. The SMILES string of the molecule is Clc1ccc2c(c1)CCO[C@H]2[C@H]1CCN1. The van der Waals surface area contributed by atoms with Gasteiger partial charge >= 0.3 is 0 Å². The van der Waals surface area contributed by atoms with Crippen LogP contribution in [0, 0.1) is 0 Å². The van der Waals surface area contributed by atoms with E-state index in [0.717, 1.165) is 24.6 Å². The van der Waals surface area contributed by atoms with Crippen molar-refractivity contribution in [3.05, 3.63) is 34.3 Å². The summed E-state index contributed by atoms with van der Waals surface area (Å²) < 4.78 is 5.84. The van der Waals surface area contributed by atoms with Gasteiger partial charge in [-0.15, -0.1) is 0 Å². The van der Waals surface area contributed by atoms with Crippen molar-refractivity contribution in [2.24, 2.45) is 0 Å². The fourth-order valence-corrected chi connectivity index (χ4v) is 2.55. The molecule has 1 fully saturated rings. The molecule has 80 valence electrons. The van der Waals surface area contributed by atoms with E-state index in [-0.39, 0.29) is 6.10 Å². The minimum absolute atomic E-state index is 0.236. The third-order valence-electron chi connectivity index (χ3n) is 3.31. The zero-order valence-electron chi connectivity index (χ0n) is 8.50. The van der Waals surface area contributed by atoms with E-state index in [1.165, 1.54) is 17.5 Å². The first-order chi connectivity index (χ1) is 7.34. The minimum Gasteiger partial charge on any atom is -0.372 e. The second-order valence-corrected chi connectivity index (χ2v) is 4.67. The standard InChI is InChI=1S/C12H14ClNO/c13-9-1-2-10-8(7-9)4-6-15-12(10)11-3-5-14-11/h1-2,7,11-12,14H,3-6H2/t11-,12-/m1/s1. The maximum atomic E-state index is 6.00. The van der Waals surface area contributed by atoms with Gasteiger partial charge in [0.25, 0.3) is 0 Å². The molecule has 0 radical (unpaired) electrons. The maximum absolute atomic E-state index is 6.00. The Balaban J connectivity index is 1.95. The topological polar surface area (TPSA) is 21.3 Å². The van der Waals surface area contributed by atoms with E-state index in [1.54, 1.807) is 0 Å². The third kappa shape index (κ3) is 1.67. The highest BCUT2D eigenvalue weighted by molar-refractivity contribution is 6.30. The van der Waals surface area contributed by atoms with Crippen LogP contribution in [0.4, 0.5) is 0 Å². The lowest BCUT2D eigenvalue weighted by Gasteiger charge is -2.38. The average molecular weight is 224 g/mol. The summed E-state index contributed by atoms with van der Waals surface area (Å²) in [5, 5.41) is 4.24. The lowest BCUT2D eigenvalue weighted by Crippen LogP contribution is -2.48. The first-order valence-electron chi connectivity index (χ1n) is 5.48. The first kappa shape index (κ1) is 9.64. The Morgan fingerprint density at radius 2 is 2.27 bits per heavy atom. The van der Waals surface area contributed by atoms with Gasteiger partial charge in [0, 0.05) is 11.1 Å². The summed E-state index contributed by atoms with van der Waals surface area (Å²) in [6, 6.07) is 6.65. The van der Waals surface area contributed by atoms with Crippen LogP contribution in [0.15, 0.2) is 18.2 Å². The summed E-state index contributed by atoms with van der Waals surface area (Å²) in [6.07, 6.45) is 2.44. The molecule has 1 N–H and O–H groups in total. The first-order valence-corrected chi connectivity index (χ1v) is 5.86. The van der Waals surface area contributed by atoms with E-state index in [1.807, 2.05) is 6.07 Å². The van der Waals surface area contributed by atoms with Crippen LogP contribution in [0.3, 0.4) is 0 Å². The summed E-state index contributed by atoms with van der Waals surface area (Å²) in [5.74, 6) is 0. The molecule has 0 amide bonds. The molecular weight excluding hydrogens is 210 g/mol. The highest BCUT2D eigenvalue weighted by Gasteiger charge is 2.32. The number of fused-ring (bicyclic) bond motifs is 1. The fourth-order valence-electron chi connectivity index (χ4n) is 2.36. The number of benzene rings is 1. The molecule has 3 rings (SSSR count). The molecule has 0 aliphatic carbocycles. The number of nitrogens with one attached hydrogen (secondary N) is 1. The zero-order chi connectivity index (χ0) is 10.3. The summed E-state index contributed by atoms with van der Waals surface area (Å²) in [6.45, 7) is 1.93. The maximum Gasteiger partial charge on any atom is 0.0981 e. The minimum atomic E-state index is 0.236. The summed E-state index contributed by atoms with van der Waals surface area (Å²) in [7, 11) is 0. The molecule has 0 saturated carbocycles. The van der Waals surface area contributed by atoms with Gasteiger partial charge in [-0.25, -0.2) is 0 Å². The third-order valence-corrected chi connectivity index (χ3v) is 3.54. The molecule has 2 atom stereocenters. The second-order valence-electron chi connectivity index (χ2n) is 4.23. The van der Waals surface area contributed by atoms with E-state index in [4.69, 9.17) is 16.3 Å². The summed E-state index contributed by atoms with van der Waals surface area (Å²) in [5.41, 5.74) is 2.68. The molecule has 0 spiro atoms. The summed E-state index contributed by atoms with van der Waals surface area (Å²) >= 11 is 6.00. The molecule has 2 aliphatic rings. The Hall–Kier alpha value is -0.570. The van der Waals surface area contributed by atoms with Crippen molar-refractivity contribution < 1.29 is 4.74 Å². The van der Waals surface area contributed by atoms with Gasteiger partial charge in [-0.3, -0.25) is 0 Å². The number of hydrogen-bond acceptors (Lipinski definition) is 2. The van der Waals surface area contributed by atoms with Gasteiger partial charge in [0.2, 0.25) is 0 Å². The van der Waals surface area contributed by atoms with Gasteiger partial charge in [0.05, 0.1) is 12.7 Å². The zero-order valence-corrected chi connectivity index (χ0v) is 9.26. The quantitative estimate of drug-likeness (QED) is 0.789. The van der Waals surface area contributed by atoms with E-state index < -0.39 is 0 Å². The van der Waals surface area contributed by atoms with Crippen LogP contribution in [-0.2, 0) is 11.2 Å². The number of halogens is 1. The number of ether oxygens (including phenoxy) is 1. The molecule has 1 aromatic rings. The molecule has 15 heavy (non-hydrogen) atoms. The van der Waals surface area contributed by atoms with Crippen molar-refractivity contribution in [1.82, 2.24) is 5.32 Å². The molecule has 0 aromatic heterocycles. The monoisotopic (exact) mass is 223 g/mol. The normalized spacial score (nSPS) is 29.4. The number of rotatable bonds is 1. The van der Waals surface area contributed by atoms with Gasteiger partial charge in [0.15, 0.2) is 0 Å². The van der Waals surface area contributed by atoms with Crippen LogP contribution in [0.25, 0.3) is 0 Å². The smallest absolute Gasteiger partial charge is 0.0981 e. The van der Waals surface area contributed by atoms with E-state index >= 15 is 0 Å². The van der Waals surface area contributed by atoms with E-state index in [2.05, 4.69) is 17.4 Å². The molecule has 2 heterocycles. The Morgan fingerprint density at radius 3 is 3.00 bits per heavy atom. The van der Waals surface area contributed by atoms with Gasteiger partial charge in [-0.2, -0.15) is 0 Å². The van der Waals surface area contributed by atoms with Crippen LogP contribution in [0.2, 0.25) is 5.02 Å². The molecule has 2 aliphatic heterocycles. The van der Waals surface area contributed by atoms with Gasteiger partial charge < -0.3 is 10.1 Å². The molecule has 1 aromatic carbocycles. The second kappa shape index (κ2) is 3.78. The Bertz CT molecular complexity index is 376. The van der Waals surface area contributed by atoms with E-state index in [9.17, 15) is 0 Å². The molecule has 2 nitrogen and oxygen atoms in total. The van der Waals surface area contributed by atoms with Crippen LogP contribution in [-0.4, -0.2) is 19.2 Å². The fraction of sp³-hybridized carbons (Fsp3) is 0.500. The molecular formula is C12H14ClNO.